The van der Waals surface area contributed by atoms with Crippen LogP contribution >= 0.6 is 0 Å². The van der Waals surface area contributed by atoms with Crippen molar-refractivity contribution in [1.29, 1.82) is 0 Å². The Morgan fingerprint density at radius 1 is 1.11 bits per heavy atom. The molecule has 2 nitrogen and oxygen atoms in total. The quantitative estimate of drug-likeness (QED) is 0.875. The first-order chi connectivity index (χ1) is 8.76. The van der Waals surface area contributed by atoms with E-state index in [0.29, 0.717) is 6.42 Å². The summed E-state index contributed by atoms with van der Waals surface area (Å²) in [5.74, 6) is 0. The van der Waals surface area contributed by atoms with Crippen LogP contribution in [0.1, 0.15) is 18.9 Å². The lowest BCUT2D eigenvalue weighted by atomic mass is 9.97. The molecule has 0 bridgehead atoms. The lowest BCUT2D eigenvalue weighted by molar-refractivity contribution is -0.0127. The highest BCUT2D eigenvalue weighted by atomic mass is 16.5. The second kappa shape index (κ2) is 5.98. The maximum absolute atomic E-state index is 10.2. The summed E-state index contributed by atoms with van der Waals surface area (Å²) in [4.78, 5) is 0. The molecule has 0 saturated carbocycles. The zero-order chi connectivity index (χ0) is 13.0. The second-order valence-electron chi connectivity index (χ2n) is 4.59. The Kier molecular flexibility index (Phi) is 4.34. The van der Waals surface area contributed by atoms with Gasteiger partial charge >= 0.3 is 0 Å². The van der Waals surface area contributed by atoms with E-state index < -0.39 is 6.10 Å². The molecule has 2 aromatic carbocycles. The monoisotopic (exact) mass is 244 g/mol. The number of methoxy groups -OCH3 is 1. The molecule has 2 aromatic rings. The van der Waals surface area contributed by atoms with Crippen molar-refractivity contribution in [3.05, 3.63) is 48.0 Å². The molecule has 96 valence electrons. The number of fused-ring (bicyclic) bond motifs is 1. The van der Waals surface area contributed by atoms with Gasteiger partial charge in [-0.3, -0.25) is 0 Å². The molecule has 0 heterocycles. The first-order valence-corrected chi connectivity index (χ1v) is 6.43. The van der Waals surface area contributed by atoms with Crippen LogP contribution < -0.4 is 0 Å². The topological polar surface area (TPSA) is 29.5 Å². The second-order valence-corrected chi connectivity index (χ2v) is 4.59. The van der Waals surface area contributed by atoms with Gasteiger partial charge in [-0.05, 0) is 22.8 Å². The lowest BCUT2D eigenvalue weighted by Crippen LogP contribution is -2.29. The molecule has 0 spiro atoms. The van der Waals surface area contributed by atoms with Gasteiger partial charge in [0.15, 0.2) is 0 Å². The molecule has 0 amide bonds. The van der Waals surface area contributed by atoms with Gasteiger partial charge in [-0.25, -0.2) is 0 Å². The minimum absolute atomic E-state index is 0.0935. The molecule has 0 saturated heterocycles. The van der Waals surface area contributed by atoms with Crippen LogP contribution in [0.25, 0.3) is 10.8 Å². The van der Waals surface area contributed by atoms with Crippen LogP contribution in [0.3, 0.4) is 0 Å². The van der Waals surface area contributed by atoms with E-state index in [0.717, 1.165) is 6.42 Å². The Bertz CT molecular complexity index is 498. The first kappa shape index (κ1) is 13.1. The summed E-state index contributed by atoms with van der Waals surface area (Å²) in [6, 6.07) is 14.5. The van der Waals surface area contributed by atoms with E-state index in [9.17, 15) is 5.11 Å². The van der Waals surface area contributed by atoms with Gasteiger partial charge in [-0.2, -0.15) is 0 Å². The van der Waals surface area contributed by atoms with Crippen molar-refractivity contribution in [2.45, 2.75) is 32.0 Å². The average Bonchev–Trinajstić information content (AvgIpc) is 2.40. The number of aliphatic hydroxyl groups excluding tert-OH is 1. The van der Waals surface area contributed by atoms with Gasteiger partial charge in [0.1, 0.15) is 0 Å². The summed E-state index contributed by atoms with van der Waals surface area (Å²) in [5.41, 5.74) is 1.18. The molecule has 2 atom stereocenters. The zero-order valence-corrected chi connectivity index (χ0v) is 11.0. The third-order valence-corrected chi connectivity index (χ3v) is 3.44. The van der Waals surface area contributed by atoms with Crippen LogP contribution in [0.15, 0.2) is 42.5 Å². The molecule has 1 N–H and O–H groups in total. The Morgan fingerprint density at radius 3 is 2.56 bits per heavy atom. The predicted octanol–water partition coefficient (Wildman–Crippen LogP) is 3.17. The molecule has 0 radical (unpaired) electrons. The van der Waals surface area contributed by atoms with Crippen molar-refractivity contribution in [3.63, 3.8) is 0 Å². The van der Waals surface area contributed by atoms with Gasteiger partial charge < -0.3 is 9.84 Å². The molecule has 18 heavy (non-hydrogen) atoms. The van der Waals surface area contributed by atoms with Crippen LogP contribution in [0, 0.1) is 0 Å². The molecular formula is C16H20O2. The Morgan fingerprint density at radius 2 is 1.83 bits per heavy atom. The standard InChI is InChI=1S/C16H20O2/c1-3-16(18-2)15(17)11-13-9-6-8-12-7-4-5-10-14(12)13/h4-10,15-17H,3,11H2,1-2H3. The van der Waals surface area contributed by atoms with E-state index in [1.807, 2.05) is 25.1 Å². The molecule has 2 unspecified atom stereocenters. The van der Waals surface area contributed by atoms with Gasteiger partial charge in [-0.15, -0.1) is 0 Å². The third-order valence-electron chi connectivity index (χ3n) is 3.44. The minimum atomic E-state index is -0.453. The molecule has 0 aliphatic rings. The minimum Gasteiger partial charge on any atom is -0.390 e. The molecule has 2 heteroatoms. The van der Waals surface area contributed by atoms with Gasteiger partial charge in [0.05, 0.1) is 12.2 Å². The highest BCUT2D eigenvalue weighted by Gasteiger charge is 2.17. The molecule has 0 fully saturated rings. The van der Waals surface area contributed by atoms with Gasteiger partial charge in [0.2, 0.25) is 0 Å². The summed E-state index contributed by atoms with van der Waals surface area (Å²) in [6.45, 7) is 2.03. The predicted molar refractivity (Wildman–Crippen MR) is 74.7 cm³/mol. The van der Waals surface area contributed by atoms with Gasteiger partial charge in [0, 0.05) is 13.5 Å². The fourth-order valence-corrected chi connectivity index (χ4v) is 2.42. The van der Waals surface area contributed by atoms with Crippen molar-refractivity contribution in [2.24, 2.45) is 0 Å². The normalized spacial score (nSPS) is 14.6. The van der Waals surface area contributed by atoms with E-state index in [4.69, 9.17) is 4.74 Å². The van der Waals surface area contributed by atoms with E-state index in [2.05, 4.69) is 24.3 Å². The number of aliphatic hydroxyl groups is 1. The summed E-state index contributed by atoms with van der Waals surface area (Å²) in [5, 5.41) is 12.6. The van der Waals surface area contributed by atoms with Crippen molar-refractivity contribution in [1.82, 2.24) is 0 Å². The van der Waals surface area contributed by atoms with Crippen LogP contribution in [-0.2, 0) is 11.2 Å². The van der Waals surface area contributed by atoms with Crippen molar-refractivity contribution in [2.75, 3.05) is 7.11 Å². The van der Waals surface area contributed by atoms with Gasteiger partial charge in [-0.1, -0.05) is 49.4 Å². The van der Waals surface area contributed by atoms with E-state index in [-0.39, 0.29) is 6.10 Å². The number of hydrogen-bond acceptors (Lipinski definition) is 2. The van der Waals surface area contributed by atoms with E-state index in [1.54, 1.807) is 7.11 Å². The summed E-state index contributed by atoms with van der Waals surface area (Å²) < 4.78 is 5.30. The van der Waals surface area contributed by atoms with Crippen LogP contribution in [-0.4, -0.2) is 24.4 Å². The lowest BCUT2D eigenvalue weighted by Gasteiger charge is -2.20. The molecule has 0 aliphatic carbocycles. The van der Waals surface area contributed by atoms with Crippen molar-refractivity contribution in [3.8, 4) is 0 Å². The summed E-state index contributed by atoms with van der Waals surface area (Å²) in [7, 11) is 1.65. The van der Waals surface area contributed by atoms with Crippen molar-refractivity contribution < 1.29 is 9.84 Å². The fourth-order valence-electron chi connectivity index (χ4n) is 2.42. The van der Waals surface area contributed by atoms with Crippen LogP contribution in [0.4, 0.5) is 0 Å². The number of rotatable bonds is 5. The largest absolute Gasteiger partial charge is 0.390 e. The SMILES string of the molecule is CCC(OC)C(O)Cc1cccc2ccccc12. The highest BCUT2D eigenvalue weighted by molar-refractivity contribution is 5.85. The molecule has 0 aliphatic heterocycles. The third kappa shape index (κ3) is 2.71. The Labute approximate surface area is 108 Å². The first-order valence-electron chi connectivity index (χ1n) is 6.43. The van der Waals surface area contributed by atoms with E-state index >= 15 is 0 Å². The van der Waals surface area contributed by atoms with Crippen LogP contribution in [0.5, 0.6) is 0 Å². The Hall–Kier alpha value is -1.38. The van der Waals surface area contributed by atoms with Gasteiger partial charge in [0.25, 0.3) is 0 Å². The molecular weight excluding hydrogens is 224 g/mol. The average molecular weight is 244 g/mol. The fraction of sp³-hybridized carbons (Fsp3) is 0.375. The number of benzene rings is 2. The maximum Gasteiger partial charge on any atom is 0.0842 e. The molecule has 0 aromatic heterocycles. The summed E-state index contributed by atoms with van der Waals surface area (Å²) in [6.07, 6.45) is 0.908. The summed E-state index contributed by atoms with van der Waals surface area (Å²) >= 11 is 0. The Balaban J connectivity index is 2.26. The maximum atomic E-state index is 10.2. The number of hydrogen-bond donors (Lipinski definition) is 1. The number of ether oxygens (including phenoxy) is 1. The molecule has 2 rings (SSSR count). The zero-order valence-electron chi connectivity index (χ0n) is 11.0. The smallest absolute Gasteiger partial charge is 0.0842 e. The van der Waals surface area contributed by atoms with E-state index in [1.165, 1.54) is 16.3 Å². The van der Waals surface area contributed by atoms with Crippen molar-refractivity contribution >= 4 is 10.8 Å². The highest BCUT2D eigenvalue weighted by Crippen LogP contribution is 2.21. The van der Waals surface area contributed by atoms with Crippen LogP contribution in [0.2, 0.25) is 0 Å².